The van der Waals surface area contributed by atoms with Crippen molar-refractivity contribution in [2.75, 3.05) is 26.8 Å². The molecule has 1 aromatic carbocycles. The fourth-order valence-corrected chi connectivity index (χ4v) is 2.37. The lowest BCUT2D eigenvalue weighted by atomic mass is 10.1. The number of carbonyl (C=O) groups is 1. The number of ether oxygens (including phenoxy) is 1. The molecule has 1 heterocycles. The summed E-state index contributed by atoms with van der Waals surface area (Å²) in [5, 5.41) is 0. The molecule has 4 heteroatoms. The molecule has 0 radical (unpaired) electrons. The van der Waals surface area contributed by atoms with Crippen molar-refractivity contribution in [3.05, 3.63) is 35.1 Å². The summed E-state index contributed by atoms with van der Waals surface area (Å²) < 4.78 is 19.0. The van der Waals surface area contributed by atoms with Crippen molar-refractivity contribution in [3.8, 4) is 0 Å². The number of benzene rings is 1. The van der Waals surface area contributed by atoms with Crippen molar-refractivity contribution in [1.29, 1.82) is 0 Å². The maximum atomic E-state index is 13.9. The van der Waals surface area contributed by atoms with Crippen molar-refractivity contribution in [3.63, 3.8) is 0 Å². The van der Waals surface area contributed by atoms with Gasteiger partial charge in [0.2, 0.25) is 0 Å². The summed E-state index contributed by atoms with van der Waals surface area (Å²) in [6, 6.07) is 4.94. The van der Waals surface area contributed by atoms with Gasteiger partial charge in [0, 0.05) is 26.1 Å². The van der Waals surface area contributed by atoms with E-state index in [2.05, 4.69) is 0 Å². The lowest BCUT2D eigenvalue weighted by Crippen LogP contribution is -2.30. The van der Waals surface area contributed by atoms with E-state index >= 15 is 0 Å². The van der Waals surface area contributed by atoms with Crippen LogP contribution in [0.15, 0.2) is 18.2 Å². The standard InChI is InChI=1S/C14H18FNO2/c1-10-4-3-5-12(13(10)15)14(17)16-7-6-11(8-16)9-18-2/h3-5,11H,6-9H2,1-2H3. The SMILES string of the molecule is COCC1CCN(C(=O)c2cccc(C)c2F)C1. The maximum Gasteiger partial charge on any atom is 0.256 e. The summed E-state index contributed by atoms with van der Waals surface area (Å²) in [6.07, 6.45) is 0.924. The first-order chi connectivity index (χ1) is 8.63. The minimum Gasteiger partial charge on any atom is -0.384 e. The molecule has 0 N–H and O–H groups in total. The zero-order valence-electron chi connectivity index (χ0n) is 10.8. The van der Waals surface area contributed by atoms with Gasteiger partial charge in [0.15, 0.2) is 0 Å². The molecule has 18 heavy (non-hydrogen) atoms. The Kier molecular flexibility index (Phi) is 3.97. The minimum atomic E-state index is -0.405. The lowest BCUT2D eigenvalue weighted by molar-refractivity contribution is 0.0770. The van der Waals surface area contributed by atoms with Gasteiger partial charge in [-0.3, -0.25) is 4.79 Å². The number of methoxy groups -OCH3 is 1. The van der Waals surface area contributed by atoms with Gasteiger partial charge >= 0.3 is 0 Å². The second kappa shape index (κ2) is 5.48. The molecule has 0 aromatic heterocycles. The molecular weight excluding hydrogens is 233 g/mol. The average Bonchev–Trinajstić information content (AvgIpc) is 2.81. The van der Waals surface area contributed by atoms with Crippen LogP contribution >= 0.6 is 0 Å². The van der Waals surface area contributed by atoms with Crippen LogP contribution in [0.4, 0.5) is 4.39 Å². The Labute approximate surface area is 107 Å². The number of amides is 1. The molecule has 1 aliphatic rings. The first kappa shape index (κ1) is 13.0. The van der Waals surface area contributed by atoms with Crippen LogP contribution in [0.5, 0.6) is 0 Å². The summed E-state index contributed by atoms with van der Waals surface area (Å²) in [5.74, 6) is -0.251. The van der Waals surface area contributed by atoms with E-state index in [1.165, 1.54) is 0 Å². The Balaban J connectivity index is 2.11. The Hall–Kier alpha value is -1.42. The van der Waals surface area contributed by atoms with Gasteiger partial charge in [0.05, 0.1) is 12.2 Å². The van der Waals surface area contributed by atoms with Crippen molar-refractivity contribution >= 4 is 5.91 Å². The van der Waals surface area contributed by atoms with Crippen molar-refractivity contribution < 1.29 is 13.9 Å². The van der Waals surface area contributed by atoms with E-state index in [9.17, 15) is 9.18 Å². The Morgan fingerprint density at radius 2 is 2.33 bits per heavy atom. The van der Waals surface area contributed by atoms with Crippen molar-refractivity contribution in [2.45, 2.75) is 13.3 Å². The highest BCUT2D eigenvalue weighted by Gasteiger charge is 2.28. The summed E-state index contributed by atoms with van der Waals surface area (Å²) in [4.78, 5) is 13.9. The lowest BCUT2D eigenvalue weighted by Gasteiger charge is -2.17. The first-order valence-corrected chi connectivity index (χ1v) is 6.16. The molecule has 1 unspecified atom stereocenters. The molecule has 2 rings (SSSR count). The fraction of sp³-hybridized carbons (Fsp3) is 0.500. The van der Waals surface area contributed by atoms with Crippen LogP contribution in [-0.4, -0.2) is 37.6 Å². The summed E-state index contributed by atoms with van der Waals surface area (Å²) in [6.45, 7) is 3.66. The molecule has 0 bridgehead atoms. The topological polar surface area (TPSA) is 29.5 Å². The number of halogens is 1. The smallest absolute Gasteiger partial charge is 0.256 e. The van der Waals surface area contributed by atoms with Crippen LogP contribution in [0.2, 0.25) is 0 Å². The number of rotatable bonds is 3. The summed E-state index contributed by atoms with van der Waals surface area (Å²) >= 11 is 0. The number of likely N-dealkylation sites (tertiary alicyclic amines) is 1. The third-order valence-electron chi connectivity index (χ3n) is 3.40. The van der Waals surface area contributed by atoms with Crippen LogP contribution < -0.4 is 0 Å². The van der Waals surface area contributed by atoms with E-state index < -0.39 is 5.82 Å². The van der Waals surface area contributed by atoms with Gasteiger partial charge in [0.1, 0.15) is 5.82 Å². The highest BCUT2D eigenvalue weighted by atomic mass is 19.1. The predicted molar refractivity (Wildman–Crippen MR) is 67.0 cm³/mol. The molecule has 0 spiro atoms. The number of nitrogens with zero attached hydrogens (tertiary/aromatic N) is 1. The van der Waals surface area contributed by atoms with Crippen LogP contribution in [0.25, 0.3) is 0 Å². The van der Waals surface area contributed by atoms with E-state index in [1.807, 2.05) is 0 Å². The second-order valence-corrected chi connectivity index (χ2v) is 4.80. The van der Waals surface area contributed by atoms with E-state index in [1.54, 1.807) is 37.1 Å². The van der Waals surface area contributed by atoms with Gasteiger partial charge in [-0.2, -0.15) is 0 Å². The molecule has 0 saturated carbocycles. The third kappa shape index (κ3) is 2.53. The van der Waals surface area contributed by atoms with Crippen molar-refractivity contribution in [2.24, 2.45) is 5.92 Å². The van der Waals surface area contributed by atoms with Crippen LogP contribution in [0.3, 0.4) is 0 Å². The van der Waals surface area contributed by atoms with Crippen LogP contribution in [-0.2, 0) is 4.74 Å². The maximum absolute atomic E-state index is 13.9. The zero-order chi connectivity index (χ0) is 13.1. The predicted octanol–water partition coefficient (Wildman–Crippen LogP) is 2.24. The minimum absolute atomic E-state index is 0.174. The fourth-order valence-electron chi connectivity index (χ4n) is 2.37. The van der Waals surface area contributed by atoms with Gasteiger partial charge in [-0.25, -0.2) is 4.39 Å². The molecule has 1 aliphatic heterocycles. The molecule has 1 amide bonds. The first-order valence-electron chi connectivity index (χ1n) is 6.16. The molecule has 3 nitrogen and oxygen atoms in total. The van der Waals surface area contributed by atoms with Gasteiger partial charge in [0.25, 0.3) is 5.91 Å². The molecular formula is C14H18FNO2. The van der Waals surface area contributed by atoms with E-state index in [0.717, 1.165) is 6.42 Å². The quantitative estimate of drug-likeness (QED) is 0.824. The highest BCUT2D eigenvalue weighted by Crippen LogP contribution is 2.21. The number of hydrogen-bond donors (Lipinski definition) is 0. The van der Waals surface area contributed by atoms with E-state index in [-0.39, 0.29) is 11.5 Å². The number of aryl methyl sites for hydroxylation is 1. The molecule has 1 saturated heterocycles. The normalized spacial score (nSPS) is 19.3. The number of hydrogen-bond acceptors (Lipinski definition) is 2. The zero-order valence-corrected chi connectivity index (χ0v) is 10.8. The van der Waals surface area contributed by atoms with Gasteiger partial charge < -0.3 is 9.64 Å². The van der Waals surface area contributed by atoms with E-state index in [0.29, 0.717) is 31.2 Å². The summed E-state index contributed by atoms with van der Waals surface area (Å²) in [7, 11) is 1.66. The molecule has 0 aliphatic carbocycles. The monoisotopic (exact) mass is 251 g/mol. The van der Waals surface area contributed by atoms with Gasteiger partial charge in [-0.05, 0) is 25.0 Å². The Morgan fingerprint density at radius 1 is 1.56 bits per heavy atom. The second-order valence-electron chi connectivity index (χ2n) is 4.80. The average molecular weight is 251 g/mol. The van der Waals surface area contributed by atoms with Crippen LogP contribution in [0.1, 0.15) is 22.3 Å². The molecule has 1 fully saturated rings. The third-order valence-corrected chi connectivity index (χ3v) is 3.40. The van der Waals surface area contributed by atoms with E-state index in [4.69, 9.17) is 4.74 Å². The van der Waals surface area contributed by atoms with Gasteiger partial charge in [-0.1, -0.05) is 12.1 Å². The molecule has 98 valence electrons. The van der Waals surface area contributed by atoms with Gasteiger partial charge in [-0.15, -0.1) is 0 Å². The highest BCUT2D eigenvalue weighted by molar-refractivity contribution is 5.94. The Bertz CT molecular complexity index is 447. The Morgan fingerprint density at radius 3 is 3.06 bits per heavy atom. The molecule has 1 atom stereocenters. The van der Waals surface area contributed by atoms with Crippen LogP contribution in [0, 0.1) is 18.7 Å². The van der Waals surface area contributed by atoms with Crippen molar-refractivity contribution in [1.82, 2.24) is 4.90 Å². The number of carbonyl (C=O) groups excluding carboxylic acids is 1. The largest absolute Gasteiger partial charge is 0.384 e. The molecule has 1 aromatic rings. The summed E-state index contributed by atoms with van der Waals surface area (Å²) in [5.41, 5.74) is 0.682.